The predicted molar refractivity (Wildman–Crippen MR) is 59.5 cm³/mol. The first kappa shape index (κ1) is 12.0. The van der Waals surface area contributed by atoms with Gasteiger partial charge in [-0.2, -0.15) is 10.5 Å². The van der Waals surface area contributed by atoms with E-state index in [1.165, 1.54) is 36.4 Å². The van der Waals surface area contributed by atoms with Gasteiger partial charge in [0.15, 0.2) is 0 Å². The lowest BCUT2D eigenvalue weighted by molar-refractivity contribution is 0.627. The minimum atomic E-state index is -0.349. The largest absolute Gasteiger partial charge is 0.207 e. The lowest BCUT2D eigenvalue weighted by atomic mass is 10.2. The van der Waals surface area contributed by atoms with E-state index in [9.17, 15) is 4.39 Å². The van der Waals surface area contributed by atoms with Crippen LogP contribution >= 0.6 is 11.6 Å². The van der Waals surface area contributed by atoms with Crippen LogP contribution in [0.5, 0.6) is 0 Å². The summed E-state index contributed by atoms with van der Waals surface area (Å²) in [6.07, 6.45) is 2.74. The van der Waals surface area contributed by atoms with E-state index in [4.69, 9.17) is 22.1 Å². The summed E-state index contributed by atoms with van der Waals surface area (Å²) in [6.45, 7) is 0. The summed E-state index contributed by atoms with van der Waals surface area (Å²) in [5.74, 6) is -0.349. The Kier molecular flexibility index (Phi) is 4.27. The number of rotatable bonds is 2. The van der Waals surface area contributed by atoms with E-state index in [2.05, 4.69) is 0 Å². The molecule has 0 fully saturated rings. The molecular weight excluding hydrogens is 227 g/mol. The normalized spacial score (nSPS) is 10.1. The molecule has 0 aromatic heterocycles. The fourth-order valence-electron chi connectivity index (χ4n) is 0.961. The standard InChI is InChI=1S/C12H6ClFN2/c13-12(6-1-9(7-15)8-16)10-2-4-11(14)5-3-10/h1-6H/b12-6+. The summed E-state index contributed by atoms with van der Waals surface area (Å²) in [7, 11) is 0. The fraction of sp³-hybridized carbons (Fsp3) is 0. The molecule has 1 rings (SSSR count). The van der Waals surface area contributed by atoms with E-state index in [1.54, 1.807) is 12.1 Å². The Bertz CT molecular complexity index is 499. The van der Waals surface area contributed by atoms with Crippen LogP contribution in [0.4, 0.5) is 4.39 Å². The summed E-state index contributed by atoms with van der Waals surface area (Å²) >= 11 is 5.89. The summed E-state index contributed by atoms with van der Waals surface area (Å²) in [5.41, 5.74) is 0.579. The monoisotopic (exact) mass is 232 g/mol. The average Bonchev–Trinajstić information content (AvgIpc) is 2.31. The van der Waals surface area contributed by atoms with Gasteiger partial charge in [0, 0.05) is 5.03 Å². The summed E-state index contributed by atoms with van der Waals surface area (Å²) in [6, 6.07) is 9.00. The summed E-state index contributed by atoms with van der Waals surface area (Å²) < 4.78 is 12.6. The highest BCUT2D eigenvalue weighted by molar-refractivity contribution is 6.48. The molecule has 0 saturated carbocycles. The maximum absolute atomic E-state index is 12.6. The topological polar surface area (TPSA) is 47.6 Å². The van der Waals surface area contributed by atoms with E-state index in [-0.39, 0.29) is 11.4 Å². The molecule has 0 aliphatic heterocycles. The van der Waals surface area contributed by atoms with Crippen molar-refractivity contribution in [3.8, 4) is 12.1 Å². The highest BCUT2D eigenvalue weighted by Crippen LogP contribution is 2.19. The van der Waals surface area contributed by atoms with Crippen LogP contribution in [0, 0.1) is 28.5 Å². The van der Waals surface area contributed by atoms with Crippen LogP contribution in [0.3, 0.4) is 0 Å². The van der Waals surface area contributed by atoms with E-state index in [0.717, 1.165) is 0 Å². The Morgan fingerprint density at radius 1 is 1.12 bits per heavy atom. The van der Waals surface area contributed by atoms with Crippen molar-refractivity contribution in [2.45, 2.75) is 0 Å². The van der Waals surface area contributed by atoms with E-state index >= 15 is 0 Å². The third-order valence-electron chi connectivity index (χ3n) is 1.76. The Labute approximate surface area is 97.5 Å². The quantitative estimate of drug-likeness (QED) is 0.580. The Balaban J connectivity index is 2.96. The zero-order valence-electron chi connectivity index (χ0n) is 8.11. The van der Waals surface area contributed by atoms with Crippen LogP contribution < -0.4 is 0 Å². The molecule has 0 spiro atoms. The molecule has 16 heavy (non-hydrogen) atoms. The van der Waals surface area contributed by atoms with Gasteiger partial charge in [-0.15, -0.1) is 0 Å². The molecule has 0 saturated heterocycles. The van der Waals surface area contributed by atoms with Crippen LogP contribution in [-0.2, 0) is 0 Å². The third-order valence-corrected chi connectivity index (χ3v) is 2.10. The molecule has 0 aliphatic carbocycles. The van der Waals surface area contributed by atoms with Gasteiger partial charge in [-0.3, -0.25) is 0 Å². The molecule has 1 aromatic carbocycles. The molecular formula is C12H6ClFN2. The lowest BCUT2D eigenvalue weighted by Gasteiger charge is -1.97. The molecule has 0 unspecified atom stereocenters. The SMILES string of the molecule is N#CC(C#N)=C/C=C(/Cl)c1ccc(F)cc1. The molecule has 1 aromatic rings. The Morgan fingerprint density at radius 3 is 2.19 bits per heavy atom. The van der Waals surface area contributed by atoms with Crippen molar-refractivity contribution in [3.05, 3.63) is 53.4 Å². The molecule has 0 N–H and O–H groups in total. The molecule has 0 aliphatic rings. The van der Waals surface area contributed by atoms with Gasteiger partial charge >= 0.3 is 0 Å². The van der Waals surface area contributed by atoms with Gasteiger partial charge in [-0.05, 0) is 29.8 Å². The molecule has 2 nitrogen and oxygen atoms in total. The second-order valence-corrected chi connectivity index (χ2v) is 3.23. The molecule has 0 bridgehead atoms. The Morgan fingerprint density at radius 2 is 1.69 bits per heavy atom. The second kappa shape index (κ2) is 5.70. The maximum Gasteiger partial charge on any atom is 0.129 e. The van der Waals surface area contributed by atoms with Crippen molar-refractivity contribution in [2.75, 3.05) is 0 Å². The number of nitriles is 2. The second-order valence-electron chi connectivity index (χ2n) is 2.83. The van der Waals surface area contributed by atoms with E-state index < -0.39 is 0 Å². The van der Waals surface area contributed by atoms with Crippen molar-refractivity contribution >= 4 is 16.6 Å². The van der Waals surface area contributed by atoms with Crippen molar-refractivity contribution in [1.29, 1.82) is 10.5 Å². The van der Waals surface area contributed by atoms with Crippen molar-refractivity contribution in [3.63, 3.8) is 0 Å². The number of allylic oxidation sites excluding steroid dienone is 3. The summed E-state index contributed by atoms with van der Waals surface area (Å²) in [5, 5.41) is 17.3. The first-order valence-electron chi connectivity index (χ1n) is 4.31. The van der Waals surface area contributed by atoms with Crippen LogP contribution in [0.1, 0.15) is 5.56 Å². The number of nitrogens with zero attached hydrogens (tertiary/aromatic N) is 2. The van der Waals surface area contributed by atoms with Crippen molar-refractivity contribution in [1.82, 2.24) is 0 Å². The molecule has 0 atom stereocenters. The van der Waals surface area contributed by atoms with E-state index in [1.807, 2.05) is 0 Å². The zero-order valence-corrected chi connectivity index (χ0v) is 8.87. The van der Waals surface area contributed by atoms with Gasteiger partial charge in [-0.1, -0.05) is 23.7 Å². The fourth-order valence-corrected chi connectivity index (χ4v) is 1.15. The predicted octanol–water partition coefficient (Wildman–Crippen LogP) is 3.38. The first-order chi connectivity index (χ1) is 7.67. The van der Waals surface area contributed by atoms with Gasteiger partial charge < -0.3 is 0 Å². The minimum absolute atomic E-state index is 0.0414. The molecule has 0 heterocycles. The van der Waals surface area contributed by atoms with Gasteiger partial charge in [0.25, 0.3) is 0 Å². The molecule has 78 valence electrons. The first-order valence-corrected chi connectivity index (χ1v) is 4.69. The number of hydrogen-bond acceptors (Lipinski definition) is 2. The van der Waals surface area contributed by atoms with Crippen LogP contribution in [0.15, 0.2) is 42.0 Å². The smallest absolute Gasteiger partial charge is 0.129 e. The molecule has 4 heteroatoms. The molecule has 0 radical (unpaired) electrons. The van der Waals surface area contributed by atoms with Crippen molar-refractivity contribution in [2.24, 2.45) is 0 Å². The number of benzene rings is 1. The third kappa shape index (κ3) is 3.24. The molecule has 0 amide bonds. The minimum Gasteiger partial charge on any atom is -0.207 e. The highest BCUT2D eigenvalue weighted by atomic mass is 35.5. The number of hydrogen-bond donors (Lipinski definition) is 0. The van der Waals surface area contributed by atoms with Crippen LogP contribution in [0.2, 0.25) is 0 Å². The maximum atomic E-state index is 12.6. The average molecular weight is 233 g/mol. The van der Waals surface area contributed by atoms with Gasteiger partial charge in [-0.25, -0.2) is 4.39 Å². The lowest BCUT2D eigenvalue weighted by Crippen LogP contribution is -1.78. The van der Waals surface area contributed by atoms with Crippen LogP contribution in [0.25, 0.3) is 5.03 Å². The van der Waals surface area contributed by atoms with Crippen LogP contribution in [-0.4, -0.2) is 0 Å². The van der Waals surface area contributed by atoms with Gasteiger partial charge in [0.1, 0.15) is 23.5 Å². The van der Waals surface area contributed by atoms with Crippen molar-refractivity contribution < 1.29 is 4.39 Å². The van der Waals surface area contributed by atoms with E-state index in [0.29, 0.717) is 10.6 Å². The number of halogens is 2. The van der Waals surface area contributed by atoms with Gasteiger partial charge in [0.2, 0.25) is 0 Å². The van der Waals surface area contributed by atoms with Gasteiger partial charge in [0.05, 0.1) is 0 Å². The zero-order chi connectivity index (χ0) is 12.0. The summed E-state index contributed by atoms with van der Waals surface area (Å²) in [4.78, 5) is 0. The Hall–Kier alpha value is -2.10. The highest BCUT2D eigenvalue weighted by Gasteiger charge is 1.97.